The van der Waals surface area contributed by atoms with Gasteiger partial charge in [0, 0.05) is 12.3 Å². The van der Waals surface area contributed by atoms with Gasteiger partial charge in [-0.15, -0.1) is 0 Å². The molecule has 0 N–H and O–H groups in total. The van der Waals surface area contributed by atoms with Crippen molar-refractivity contribution < 1.29 is 17.9 Å². The molecule has 0 atom stereocenters. The molecular formula is C17H14N2O4S. The predicted octanol–water partition coefficient (Wildman–Crippen LogP) is 2.50. The first-order valence-corrected chi connectivity index (χ1v) is 8.97. The minimum absolute atomic E-state index is 0.0753. The summed E-state index contributed by atoms with van der Waals surface area (Å²) in [7, 11) is -3.57. The average molecular weight is 342 g/mol. The molecule has 2 aromatic carbocycles. The summed E-state index contributed by atoms with van der Waals surface area (Å²) in [6.07, 6.45) is 1.07. The van der Waals surface area contributed by atoms with E-state index in [1.807, 2.05) is 0 Å². The first-order valence-electron chi connectivity index (χ1n) is 7.08. The van der Waals surface area contributed by atoms with E-state index in [9.17, 15) is 13.2 Å². The summed E-state index contributed by atoms with van der Waals surface area (Å²) >= 11 is 0. The number of benzene rings is 2. The summed E-state index contributed by atoms with van der Waals surface area (Å²) in [5, 5.41) is 4.03. The highest BCUT2D eigenvalue weighted by Gasteiger charge is 2.22. The van der Waals surface area contributed by atoms with Gasteiger partial charge in [-0.25, -0.2) is 17.9 Å². The third-order valence-corrected chi connectivity index (χ3v) is 4.27. The molecule has 0 spiro atoms. The predicted molar refractivity (Wildman–Crippen MR) is 88.1 cm³/mol. The lowest BCUT2D eigenvalue weighted by atomic mass is 10.3. The maximum atomic E-state index is 12.2. The van der Waals surface area contributed by atoms with Crippen LogP contribution in [0.4, 0.5) is 0 Å². The molecule has 0 fully saturated rings. The molecule has 0 radical (unpaired) electrons. The van der Waals surface area contributed by atoms with E-state index in [0.29, 0.717) is 11.4 Å². The number of hydrogen-bond acceptors (Lipinski definition) is 5. The zero-order valence-electron chi connectivity index (χ0n) is 12.8. The second-order valence-electron chi connectivity index (χ2n) is 5.09. The van der Waals surface area contributed by atoms with Gasteiger partial charge >= 0.3 is 5.97 Å². The van der Waals surface area contributed by atoms with Crippen LogP contribution in [0.25, 0.3) is 5.69 Å². The van der Waals surface area contributed by atoms with Crippen LogP contribution in [-0.4, -0.2) is 30.4 Å². The summed E-state index contributed by atoms with van der Waals surface area (Å²) in [6.45, 7) is 0. The fourth-order valence-electron chi connectivity index (χ4n) is 2.13. The first kappa shape index (κ1) is 15.9. The van der Waals surface area contributed by atoms with E-state index in [0.717, 1.165) is 6.26 Å². The molecule has 122 valence electrons. The Kier molecular flexibility index (Phi) is 4.18. The van der Waals surface area contributed by atoms with Crippen LogP contribution in [0, 0.1) is 0 Å². The lowest BCUT2D eigenvalue weighted by molar-refractivity contribution is 0.0728. The van der Waals surface area contributed by atoms with Gasteiger partial charge in [-0.05, 0) is 24.3 Å². The molecule has 7 heteroatoms. The SMILES string of the molecule is CS(=O)(=O)c1cc(C(=O)Oc2ccccc2)nn1-c1ccccc1. The fourth-order valence-corrected chi connectivity index (χ4v) is 2.92. The molecule has 24 heavy (non-hydrogen) atoms. The van der Waals surface area contributed by atoms with Crippen LogP contribution in [0.1, 0.15) is 10.5 Å². The third-order valence-electron chi connectivity index (χ3n) is 3.22. The summed E-state index contributed by atoms with van der Waals surface area (Å²) in [5.74, 6) is -0.363. The van der Waals surface area contributed by atoms with E-state index in [1.54, 1.807) is 60.7 Å². The number of aromatic nitrogens is 2. The maximum Gasteiger partial charge on any atom is 0.364 e. The van der Waals surface area contributed by atoms with Crippen molar-refractivity contribution in [3.05, 3.63) is 72.4 Å². The quantitative estimate of drug-likeness (QED) is 0.538. The Morgan fingerprint density at radius 1 is 1.00 bits per heavy atom. The van der Waals surface area contributed by atoms with E-state index >= 15 is 0 Å². The highest BCUT2D eigenvalue weighted by Crippen LogP contribution is 2.19. The van der Waals surface area contributed by atoms with Crippen LogP contribution in [0.5, 0.6) is 5.75 Å². The Bertz CT molecular complexity index is 964. The van der Waals surface area contributed by atoms with Crippen molar-refractivity contribution in [3.8, 4) is 11.4 Å². The van der Waals surface area contributed by atoms with E-state index in [4.69, 9.17) is 4.74 Å². The van der Waals surface area contributed by atoms with E-state index in [-0.39, 0.29) is 10.7 Å². The van der Waals surface area contributed by atoms with Crippen molar-refractivity contribution in [2.75, 3.05) is 6.26 Å². The Hall–Kier alpha value is -2.93. The van der Waals surface area contributed by atoms with Gasteiger partial charge in [0.2, 0.25) is 0 Å². The zero-order chi connectivity index (χ0) is 17.2. The molecular weight excluding hydrogens is 328 g/mol. The second kappa shape index (κ2) is 6.29. The van der Waals surface area contributed by atoms with E-state index < -0.39 is 15.8 Å². The standard InChI is InChI=1S/C17H14N2O4S/c1-24(21,22)16-12-15(17(20)23-14-10-6-3-7-11-14)18-19(16)13-8-4-2-5-9-13/h2-12H,1H3. The number of hydrogen-bond donors (Lipinski definition) is 0. The Morgan fingerprint density at radius 2 is 1.58 bits per heavy atom. The molecule has 6 nitrogen and oxygen atoms in total. The van der Waals surface area contributed by atoms with Crippen molar-refractivity contribution in [2.24, 2.45) is 0 Å². The molecule has 0 unspecified atom stereocenters. The average Bonchev–Trinajstić information content (AvgIpc) is 3.02. The lowest BCUT2D eigenvalue weighted by Gasteiger charge is -2.05. The smallest absolute Gasteiger partial charge is 0.364 e. The minimum Gasteiger partial charge on any atom is -0.422 e. The van der Waals surface area contributed by atoms with Gasteiger partial charge in [-0.1, -0.05) is 36.4 Å². The number of carbonyl (C=O) groups excluding carboxylic acids is 1. The number of sulfone groups is 1. The summed E-state index contributed by atoms with van der Waals surface area (Å²) in [6, 6.07) is 18.4. The first-order chi connectivity index (χ1) is 11.4. The van der Waals surface area contributed by atoms with E-state index in [2.05, 4.69) is 5.10 Å². The minimum atomic E-state index is -3.57. The van der Waals surface area contributed by atoms with E-state index in [1.165, 1.54) is 10.7 Å². The van der Waals surface area contributed by atoms with Crippen molar-refractivity contribution >= 4 is 15.8 Å². The van der Waals surface area contributed by atoms with Crippen molar-refractivity contribution in [2.45, 2.75) is 5.03 Å². The van der Waals surface area contributed by atoms with Gasteiger partial charge in [-0.2, -0.15) is 5.10 Å². The molecule has 1 aromatic heterocycles. The van der Waals surface area contributed by atoms with Crippen molar-refractivity contribution in [3.63, 3.8) is 0 Å². The molecule has 0 saturated heterocycles. The summed E-state index contributed by atoms with van der Waals surface area (Å²) < 4.78 is 30.4. The summed E-state index contributed by atoms with van der Waals surface area (Å²) in [5.41, 5.74) is 0.458. The topological polar surface area (TPSA) is 78.3 Å². The number of ether oxygens (including phenoxy) is 1. The Morgan fingerprint density at radius 3 is 2.17 bits per heavy atom. The highest BCUT2D eigenvalue weighted by atomic mass is 32.2. The van der Waals surface area contributed by atoms with Gasteiger partial charge in [0.15, 0.2) is 20.6 Å². The van der Waals surface area contributed by atoms with Crippen LogP contribution in [0.3, 0.4) is 0 Å². The highest BCUT2D eigenvalue weighted by molar-refractivity contribution is 7.90. The molecule has 3 aromatic rings. The molecule has 3 rings (SSSR count). The van der Waals surface area contributed by atoms with Crippen LogP contribution in [-0.2, 0) is 9.84 Å². The molecule has 0 aliphatic carbocycles. The number of para-hydroxylation sites is 2. The monoisotopic (exact) mass is 342 g/mol. The zero-order valence-corrected chi connectivity index (χ0v) is 13.6. The van der Waals surface area contributed by atoms with Gasteiger partial charge in [0.25, 0.3) is 0 Å². The number of rotatable bonds is 4. The van der Waals surface area contributed by atoms with Gasteiger partial charge in [0.1, 0.15) is 5.75 Å². The molecule has 0 bridgehead atoms. The number of carbonyl (C=O) groups is 1. The largest absolute Gasteiger partial charge is 0.422 e. The van der Waals surface area contributed by atoms with Crippen LogP contribution in [0.2, 0.25) is 0 Å². The molecule has 1 heterocycles. The summed E-state index contributed by atoms with van der Waals surface area (Å²) in [4.78, 5) is 12.2. The normalized spacial score (nSPS) is 11.2. The van der Waals surface area contributed by atoms with Crippen LogP contribution < -0.4 is 4.74 Å². The molecule has 0 amide bonds. The van der Waals surface area contributed by atoms with Gasteiger partial charge < -0.3 is 4.74 Å². The molecule has 0 aliphatic rings. The second-order valence-corrected chi connectivity index (χ2v) is 7.05. The maximum absolute atomic E-state index is 12.2. The Labute approximate surface area is 139 Å². The number of nitrogens with zero attached hydrogens (tertiary/aromatic N) is 2. The van der Waals surface area contributed by atoms with Crippen LogP contribution in [0.15, 0.2) is 71.8 Å². The molecule has 0 saturated carbocycles. The van der Waals surface area contributed by atoms with Crippen molar-refractivity contribution in [1.29, 1.82) is 0 Å². The van der Waals surface area contributed by atoms with Gasteiger partial charge in [-0.3, -0.25) is 0 Å². The molecule has 0 aliphatic heterocycles. The Balaban J connectivity index is 2.01. The van der Waals surface area contributed by atoms with Crippen LogP contribution >= 0.6 is 0 Å². The third kappa shape index (κ3) is 3.36. The van der Waals surface area contributed by atoms with Gasteiger partial charge in [0.05, 0.1) is 5.69 Å². The fraction of sp³-hybridized carbons (Fsp3) is 0.0588. The lowest BCUT2D eigenvalue weighted by Crippen LogP contribution is -2.10. The number of esters is 1. The van der Waals surface area contributed by atoms with Crippen molar-refractivity contribution in [1.82, 2.24) is 9.78 Å².